The van der Waals surface area contributed by atoms with Crippen LogP contribution >= 0.6 is 0 Å². The van der Waals surface area contributed by atoms with Crippen LogP contribution in [0.5, 0.6) is 0 Å². The number of nitrogens with zero attached hydrogens (tertiary/aromatic N) is 1. The Morgan fingerprint density at radius 3 is 2.03 bits per heavy atom. The Bertz CT molecular complexity index is 489. The summed E-state index contributed by atoms with van der Waals surface area (Å²) in [5.41, 5.74) is 0.947. The minimum atomic E-state index is -0.0892. The van der Waals surface area contributed by atoms with Gasteiger partial charge in [0.1, 0.15) is 6.61 Å². The molecule has 1 aromatic heterocycles. The van der Waals surface area contributed by atoms with Crippen molar-refractivity contribution >= 4 is 5.97 Å². The standard InChI is InChI=1S/C26H45NO2/c1-3-17-24(2)18-14-12-10-8-6-4-5-7-9-11-13-15-20-26(28)29-23-25-19-16-21-27-22-25/h16,19,21-22,24H,3-15,17-18,20,23H2,1-2H3. The molecule has 1 rings (SSSR count). The van der Waals surface area contributed by atoms with Gasteiger partial charge in [-0.3, -0.25) is 9.78 Å². The smallest absolute Gasteiger partial charge is 0.306 e. The van der Waals surface area contributed by atoms with Crippen molar-refractivity contribution in [3.63, 3.8) is 0 Å². The average molecular weight is 404 g/mol. The van der Waals surface area contributed by atoms with Crippen molar-refractivity contribution < 1.29 is 9.53 Å². The molecule has 0 spiro atoms. The summed E-state index contributed by atoms with van der Waals surface area (Å²) < 4.78 is 5.28. The highest BCUT2D eigenvalue weighted by Crippen LogP contribution is 2.17. The van der Waals surface area contributed by atoms with Crippen molar-refractivity contribution in [3.8, 4) is 0 Å². The van der Waals surface area contributed by atoms with E-state index in [-0.39, 0.29) is 5.97 Å². The maximum Gasteiger partial charge on any atom is 0.306 e. The summed E-state index contributed by atoms with van der Waals surface area (Å²) in [5, 5.41) is 0. The van der Waals surface area contributed by atoms with Gasteiger partial charge in [-0.15, -0.1) is 0 Å². The van der Waals surface area contributed by atoms with Crippen molar-refractivity contribution in [2.75, 3.05) is 0 Å². The fourth-order valence-electron chi connectivity index (χ4n) is 3.89. The largest absolute Gasteiger partial charge is 0.461 e. The first-order valence-corrected chi connectivity index (χ1v) is 12.3. The summed E-state index contributed by atoms with van der Waals surface area (Å²) in [5.74, 6) is 0.839. The van der Waals surface area contributed by atoms with Crippen LogP contribution in [0.3, 0.4) is 0 Å². The van der Waals surface area contributed by atoms with Gasteiger partial charge < -0.3 is 4.74 Å². The van der Waals surface area contributed by atoms with Crippen molar-refractivity contribution in [3.05, 3.63) is 30.1 Å². The predicted molar refractivity (Wildman–Crippen MR) is 123 cm³/mol. The van der Waals surface area contributed by atoms with E-state index in [9.17, 15) is 4.79 Å². The highest BCUT2D eigenvalue weighted by molar-refractivity contribution is 5.69. The van der Waals surface area contributed by atoms with Crippen molar-refractivity contribution in [1.29, 1.82) is 0 Å². The molecule has 1 heterocycles. The SMILES string of the molecule is CCCC(C)CCCCCCCCCCCCCCC(=O)OCc1cccnc1. The lowest BCUT2D eigenvalue weighted by Gasteiger charge is -2.09. The lowest BCUT2D eigenvalue weighted by Crippen LogP contribution is -2.04. The van der Waals surface area contributed by atoms with E-state index in [2.05, 4.69) is 18.8 Å². The second-order valence-electron chi connectivity index (χ2n) is 8.70. The quantitative estimate of drug-likeness (QED) is 0.173. The fourth-order valence-corrected chi connectivity index (χ4v) is 3.89. The Morgan fingerprint density at radius 2 is 1.48 bits per heavy atom. The fraction of sp³-hybridized carbons (Fsp3) is 0.769. The monoisotopic (exact) mass is 403 g/mol. The van der Waals surface area contributed by atoms with Crippen LogP contribution in [0.15, 0.2) is 24.5 Å². The molecule has 0 fully saturated rings. The first-order chi connectivity index (χ1) is 14.2. The number of esters is 1. The van der Waals surface area contributed by atoms with Gasteiger partial charge in [0.2, 0.25) is 0 Å². The zero-order valence-corrected chi connectivity index (χ0v) is 19.2. The highest BCUT2D eigenvalue weighted by Gasteiger charge is 2.03. The molecule has 3 heteroatoms. The highest BCUT2D eigenvalue weighted by atomic mass is 16.5. The first-order valence-electron chi connectivity index (χ1n) is 12.3. The Labute approximate surface area is 180 Å². The Hall–Kier alpha value is -1.38. The van der Waals surface area contributed by atoms with Gasteiger partial charge >= 0.3 is 5.97 Å². The van der Waals surface area contributed by atoms with E-state index < -0.39 is 0 Å². The number of aromatic nitrogens is 1. The van der Waals surface area contributed by atoms with Crippen LogP contribution in [-0.2, 0) is 16.1 Å². The molecule has 29 heavy (non-hydrogen) atoms. The van der Waals surface area contributed by atoms with Crippen LogP contribution in [0, 0.1) is 5.92 Å². The summed E-state index contributed by atoms with van der Waals surface area (Å²) in [7, 11) is 0. The number of pyridine rings is 1. The number of unbranched alkanes of at least 4 members (excludes halogenated alkanes) is 11. The lowest BCUT2D eigenvalue weighted by atomic mass is 9.98. The molecule has 1 atom stereocenters. The van der Waals surface area contributed by atoms with Crippen LogP contribution in [0.1, 0.15) is 122 Å². The van der Waals surface area contributed by atoms with Gasteiger partial charge in [0.05, 0.1) is 0 Å². The molecule has 0 saturated heterocycles. The molecular formula is C26H45NO2. The Morgan fingerprint density at radius 1 is 0.897 bits per heavy atom. The number of carbonyl (C=O) groups excluding carboxylic acids is 1. The van der Waals surface area contributed by atoms with Gasteiger partial charge in [-0.05, 0) is 18.4 Å². The second kappa shape index (κ2) is 18.6. The van der Waals surface area contributed by atoms with Crippen molar-refractivity contribution in [2.24, 2.45) is 5.92 Å². The third kappa shape index (κ3) is 16.1. The molecule has 1 unspecified atom stereocenters. The van der Waals surface area contributed by atoms with E-state index in [0.29, 0.717) is 13.0 Å². The van der Waals surface area contributed by atoms with E-state index in [1.165, 1.54) is 83.5 Å². The maximum absolute atomic E-state index is 11.7. The van der Waals surface area contributed by atoms with Gasteiger partial charge in [-0.1, -0.05) is 110 Å². The van der Waals surface area contributed by atoms with Crippen LogP contribution in [0.4, 0.5) is 0 Å². The van der Waals surface area contributed by atoms with Crippen LogP contribution in [-0.4, -0.2) is 11.0 Å². The topological polar surface area (TPSA) is 39.2 Å². The summed E-state index contributed by atoms with van der Waals surface area (Å²) in [6, 6.07) is 3.79. The summed E-state index contributed by atoms with van der Waals surface area (Å²) in [6.07, 6.45) is 24.0. The zero-order chi connectivity index (χ0) is 21.0. The molecule has 0 radical (unpaired) electrons. The summed E-state index contributed by atoms with van der Waals surface area (Å²) in [6.45, 7) is 5.03. The molecule has 0 aliphatic heterocycles. The predicted octanol–water partition coefficient (Wildman–Crippen LogP) is 8.02. The van der Waals surface area contributed by atoms with Gasteiger partial charge in [-0.2, -0.15) is 0 Å². The number of hydrogen-bond donors (Lipinski definition) is 0. The molecule has 3 nitrogen and oxygen atoms in total. The van der Waals surface area contributed by atoms with E-state index >= 15 is 0 Å². The summed E-state index contributed by atoms with van der Waals surface area (Å²) in [4.78, 5) is 15.8. The van der Waals surface area contributed by atoms with Crippen molar-refractivity contribution in [2.45, 2.75) is 123 Å². The van der Waals surface area contributed by atoms with Crippen LogP contribution < -0.4 is 0 Å². The number of hydrogen-bond acceptors (Lipinski definition) is 3. The van der Waals surface area contributed by atoms with Gasteiger partial charge in [-0.25, -0.2) is 0 Å². The minimum absolute atomic E-state index is 0.0892. The van der Waals surface area contributed by atoms with Gasteiger partial charge in [0, 0.05) is 24.4 Å². The minimum Gasteiger partial charge on any atom is -0.461 e. The number of carbonyl (C=O) groups is 1. The van der Waals surface area contributed by atoms with E-state index in [4.69, 9.17) is 4.74 Å². The summed E-state index contributed by atoms with van der Waals surface area (Å²) >= 11 is 0. The van der Waals surface area contributed by atoms with Crippen LogP contribution in [0.25, 0.3) is 0 Å². The van der Waals surface area contributed by atoms with Crippen molar-refractivity contribution in [1.82, 2.24) is 4.98 Å². The maximum atomic E-state index is 11.7. The van der Waals surface area contributed by atoms with Gasteiger partial charge in [0.15, 0.2) is 0 Å². The van der Waals surface area contributed by atoms with Gasteiger partial charge in [0.25, 0.3) is 0 Å². The van der Waals surface area contributed by atoms with Crippen LogP contribution in [0.2, 0.25) is 0 Å². The molecule has 0 bridgehead atoms. The first kappa shape index (κ1) is 25.7. The number of rotatable bonds is 19. The molecule has 0 saturated carbocycles. The Balaban J connectivity index is 1.77. The molecule has 0 aromatic carbocycles. The molecule has 166 valence electrons. The molecule has 0 aliphatic rings. The zero-order valence-electron chi connectivity index (χ0n) is 19.2. The van der Waals surface area contributed by atoms with E-state index in [1.54, 1.807) is 12.4 Å². The molecule has 0 aliphatic carbocycles. The third-order valence-corrected chi connectivity index (χ3v) is 5.73. The second-order valence-corrected chi connectivity index (χ2v) is 8.70. The lowest BCUT2D eigenvalue weighted by molar-refractivity contribution is -0.145. The van der Waals surface area contributed by atoms with E-state index in [0.717, 1.165) is 24.3 Å². The molecule has 0 amide bonds. The molecule has 1 aromatic rings. The third-order valence-electron chi connectivity index (χ3n) is 5.73. The average Bonchev–Trinajstić information content (AvgIpc) is 2.73. The Kier molecular flexibility index (Phi) is 16.5. The normalized spacial score (nSPS) is 12.1. The number of ether oxygens (including phenoxy) is 1. The molecular weight excluding hydrogens is 358 g/mol. The molecule has 0 N–H and O–H groups in total. The van der Waals surface area contributed by atoms with E-state index in [1.807, 2.05) is 12.1 Å².